The van der Waals surface area contributed by atoms with E-state index in [1.54, 1.807) is 16.9 Å². The number of nitrogens with one attached hydrogen (secondary N) is 1. The van der Waals surface area contributed by atoms with Crippen LogP contribution in [-0.2, 0) is 13.6 Å². The zero-order valence-electron chi connectivity index (χ0n) is 10.5. The maximum atomic E-state index is 9.84. The summed E-state index contributed by atoms with van der Waals surface area (Å²) in [5.41, 5.74) is 1.98. The van der Waals surface area contributed by atoms with Crippen molar-refractivity contribution in [2.45, 2.75) is 6.54 Å². The lowest BCUT2D eigenvalue weighted by Crippen LogP contribution is -2.05. The molecule has 2 aromatic carbocycles. The summed E-state index contributed by atoms with van der Waals surface area (Å²) in [4.78, 5) is 0. The van der Waals surface area contributed by atoms with Crippen molar-refractivity contribution in [3.05, 3.63) is 48.3 Å². The summed E-state index contributed by atoms with van der Waals surface area (Å²) >= 11 is 0. The summed E-state index contributed by atoms with van der Waals surface area (Å²) in [6.45, 7) is 0.637. The van der Waals surface area contributed by atoms with Gasteiger partial charge in [-0.2, -0.15) is 0 Å². The highest BCUT2D eigenvalue weighted by Crippen LogP contribution is 2.29. The first kappa shape index (κ1) is 11.5. The van der Waals surface area contributed by atoms with Crippen LogP contribution in [0.3, 0.4) is 0 Å². The lowest BCUT2D eigenvalue weighted by molar-refractivity contribution is 0.481. The van der Waals surface area contributed by atoms with Crippen molar-refractivity contribution >= 4 is 16.5 Å². The molecule has 0 atom stereocenters. The molecule has 0 radical (unpaired) electrons. The summed E-state index contributed by atoms with van der Waals surface area (Å²) < 4.78 is 1.73. The van der Waals surface area contributed by atoms with Crippen LogP contribution in [-0.4, -0.2) is 20.1 Å². The Morgan fingerprint density at radius 1 is 1.16 bits per heavy atom. The third-order valence-electron chi connectivity index (χ3n) is 3.17. The second-order valence-electron chi connectivity index (χ2n) is 4.38. The molecule has 0 aliphatic heterocycles. The highest BCUT2D eigenvalue weighted by molar-refractivity contribution is 5.97. The fourth-order valence-corrected chi connectivity index (χ4v) is 2.10. The Hall–Kier alpha value is -2.56. The van der Waals surface area contributed by atoms with Gasteiger partial charge in [0.1, 0.15) is 5.75 Å². The van der Waals surface area contributed by atoms with Crippen molar-refractivity contribution in [3.8, 4) is 5.75 Å². The SMILES string of the molecule is Cn1nncc1CNc1cccc2c(O)cccc12. The summed E-state index contributed by atoms with van der Waals surface area (Å²) in [6.07, 6.45) is 1.73. The Balaban J connectivity index is 1.93. The number of rotatable bonds is 3. The lowest BCUT2D eigenvalue weighted by atomic mass is 10.1. The molecule has 3 aromatic rings. The number of aryl methyl sites for hydroxylation is 1. The van der Waals surface area contributed by atoms with Gasteiger partial charge in [0.2, 0.25) is 0 Å². The molecular formula is C14H14N4O. The lowest BCUT2D eigenvalue weighted by Gasteiger charge is -2.10. The van der Waals surface area contributed by atoms with Crippen LogP contribution < -0.4 is 5.32 Å². The predicted octanol–water partition coefficient (Wildman–Crippen LogP) is 2.29. The first-order valence-electron chi connectivity index (χ1n) is 6.04. The van der Waals surface area contributed by atoms with Gasteiger partial charge in [-0.3, -0.25) is 4.68 Å². The van der Waals surface area contributed by atoms with E-state index >= 15 is 0 Å². The van der Waals surface area contributed by atoms with Crippen molar-refractivity contribution in [2.75, 3.05) is 5.32 Å². The van der Waals surface area contributed by atoms with Crippen LogP contribution in [0.15, 0.2) is 42.6 Å². The summed E-state index contributed by atoms with van der Waals surface area (Å²) in [5, 5.41) is 22.8. The highest BCUT2D eigenvalue weighted by Gasteiger charge is 2.05. The molecule has 0 saturated heterocycles. The Morgan fingerprint density at radius 3 is 2.74 bits per heavy atom. The molecule has 0 bridgehead atoms. The monoisotopic (exact) mass is 254 g/mol. The van der Waals surface area contributed by atoms with Crippen LogP contribution in [0, 0.1) is 0 Å². The summed E-state index contributed by atoms with van der Waals surface area (Å²) in [7, 11) is 1.86. The average Bonchev–Trinajstić information content (AvgIpc) is 2.82. The van der Waals surface area contributed by atoms with Crippen LogP contribution in [0.5, 0.6) is 5.75 Å². The fourth-order valence-electron chi connectivity index (χ4n) is 2.10. The third-order valence-corrected chi connectivity index (χ3v) is 3.17. The first-order valence-corrected chi connectivity index (χ1v) is 6.04. The number of aromatic nitrogens is 3. The molecule has 3 rings (SSSR count). The molecule has 0 amide bonds. The van der Waals surface area contributed by atoms with Gasteiger partial charge in [0.05, 0.1) is 18.4 Å². The minimum absolute atomic E-state index is 0.295. The van der Waals surface area contributed by atoms with E-state index in [1.165, 1.54) is 0 Å². The zero-order chi connectivity index (χ0) is 13.2. The molecular weight excluding hydrogens is 240 g/mol. The van der Waals surface area contributed by atoms with Crippen LogP contribution in [0.1, 0.15) is 5.69 Å². The van der Waals surface area contributed by atoms with Gasteiger partial charge in [-0.15, -0.1) is 5.10 Å². The standard InChI is InChI=1S/C14H14N4O/c1-18-10(9-16-17-18)8-15-13-6-2-5-12-11(13)4-3-7-14(12)19/h2-7,9,15,19H,8H2,1H3. The van der Waals surface area contributed by atoms with Crippen LogP contribution in [0.4, 0.5) is 5.69 Å². The minimum atomic E-state index is 0.295. The van der Waals surface area contributed by atoms with E-state index in [0.717, 1.165) is 22.2 Å². The zero-order valence-corrected chi connectivity index (χ0v) is 10.5. The van der Waals surface area contributed by atoms with Gasteiger partial charge in [0, 0.05) is 23.5 Å². The Bertz CT molecular complexity index is 720. The minimum Gasteiger partial charge on any atom is -0.507 e. The van der Waals surface area contributed by atoms with E-state index < -0.39 is 0 Å². The van der Waals surface area contributed by atoms with E-state index in [4.69, 9.17) is 0 Å². The number of fused-ring (bicyclic) bond motifs is 1. The molecule has 0 saturated carbocycles. The normalized spacial score (nSPS) is 10.8. The van der Waals surface area contributed by atoms with E-state index in [2.05, 4.69) is 15.6 Å². The highest BCUT2D eigenvalue weighted by atomic mass is 16.3. The third kappa shape index (κ3) is 2.10. The second kappa shape index (κ2) is 4.61. The molecule has 0 aliphatic carbocycles. The van der Waals surface area contributed by atoms with Gasteiger partial charge in [-0.05, 0) is 12.1 Å². The van der Waals surface area contributed by atoms with Gasteiger partial charge in [0.15, 0.2) is 0 Å². The van der Waals surface area contributed by atoms with Crippen molar-refractivity contribution in [2.24, 2.45) is 7.05 Å². The molecule has 1 aromatic heterocycles. The van der Waals surface area contributed by atoms with E-state index in [-0.39, 0.29) is 0 Å². The number of nitrogens with zero attached hydrogens (tertiary/aromatic N) is 3. The predicted molar refractivity (Wildman–Crippen MR) is 73.9 cm³/mol. The number of phenols is 1. The molecule has 2 N–H and O–H groups in total. The summed E-state index contributed by atoms with van der Waals surface area (Å²) in [6, 6.07) is 11.3. The molecule has 0 unspecified atom stereocenters. The van der Waals surface area contributed by atoms with E-state index in [0.29, 0.717) is 12.3 Å². The van der Waals surface area contributed by atoms with Gasteiger partial charge < -0.3 is 10.4 Å². The summed E-state index contributed by atoms with van der Waals surface area (Å²) in [5.74, 6) is 0.295. The number of anilines is 1. The van der Waals surface area contributed by atoms with Gasteiger partial charge in [-0.1, -0.05) is 29.5 Å². The smallest absolute Gasteiger partial charge is 0.123 e. The van der Waals surface area contributed by atoms with E-state index in [1.807, 2.05) is 37.4 Å². The first-order chi connectivity index (χ1) is 9.25. The molecule has 96 valence electrons. The Labute approximate surface area is 110 Å². The van der Waals surface area contributed by atoms with Crippen LogP contribution >= 0.6 is 0 Å². The van der Waals surface area contributed by atoms with Gasteiger partial charge >= 0.3 is 0 Å². The van der Waals surface area contributed by atoms with Gasteiger partial charge in [-0.25, -0.2) is 0 Å². The number of phenolic OH excluding ortho intramolecular Hbond substituents is 1. The number of aromatic hydroxyl groups is 1. The molecule has 1 heterocycles. The fraction of sp³-hybridized carbons (Fsp3) is 0.143. The van der Waals surface area contributed by atoms with Crippen molar-refractivity contribution in [3.63, 3.8) is 0 Å². The van der Waals surface area contributed by atoms with Crippen LogP contribution in [0.2, 0.25) is 0 Å². The molecule has 19 heavy (non-hydrogen) atoms. The molecule has 5 nitrogen and oxygen atoms in total. The Morgan fingerprint density at radius 2 is 1.95 bits per heavy atom. The maximum Gasteiger partial charge on any atom is 0.123 e. The molecule has 0 spiro atoms. The average molecular weight is 254 g/mol. The molecule has 5 heteroatoms. The van der Waals surface area contributed by atoms with Crippen molar-refractivity contribution in [1.29, 1.82) is 0 Å². The van der Waals surface area contributed by atoms with Crippen molar-refractivity contribution < 1.29 is 5.11 Å². The number of hydrogen-bond acceptors (Lipinski definition) is 4. The number of benzene rings is 2. The quantitative estimate of drug-likeness (QED) is 0.752. The number of hydrogen-bond donors (Lipinski definition) is 2. The maximum absolute atomic E-state index is 9.84. The Kier molecular flexibility index (Phi) is 2.79. The second-order valence-corrected chi connectivity index (χ2v) is 4.38. The van der Waals surface area contributed by atoms with Crippen molar-refractivity contribution in [1.82, 2.24) is 15.0 Å². The molecule has 0 aliphatic rings. The van der Waals surface area contributed by atoms with E-state index in [9.17, 15) is 5.11 Å². The largest absolute Gasteiger partial charge is 0.507 e. The molecule has 0 fully saturated rings. The van der Waals surface area contributed by atoms with Crippen LogP contribution in [0.25, 0.3) is 10.8 Å². The topological polar surface area (TPSA) is 63.0 Å². The van der Waals surface area contributed by atoms with Gasteiger partial charge in [0.25, 0.3) is 0 Å².